The molecule has 0 aliphatic heterocycles. The molecule has 0 spiro atoms. The number of carbonyl (C=O) groups is 1. The van der Waals surface area contributed by atoms with Gasteiger partial charge in [0.25, 0.3) is 0 Å². The van der Waals surface area contributed by atoms with Crippen LogP contribution >= 0.6 is 11.6 Å². The molecule has 0 radical (unpaired) electrons. The van der Waals surface area contributed by atoms with Crippen LogP contribution in [0.4, 0.5) is 0 Å². The first-order valence-electron chi connectivity index (χ1n) is 2.68. The summed E-state index contributed by atoms with van der Waals surface area (Å²) in [6, 6.07) is 0. The van der Waals surface area contributed by atoms with Gasteiger partial charge in [0.05, 0.1) is 6.54 Å². The molecule has 0 N–H and O–H groups in total. The van der Waals surface area contributed by atoms with Crippen molar-refractivity contribution < 1.29 is 4.79 Å². The molecule has 0 saturated carbocycles. The van der Waals surface area contributed by atoms with Crippen molar-refractivity contribution in [2.24, 2.45) is 0 Å². The summed E-state index contributed by atoms with van der Waals surface area (Å²) in [5.41, 5.74) is 0. The van der Waals surface area contributed by atoms with E-state index in [4.69, 9.17) is 11.6 Å². The maximum Gasteiger partial charge on any atom is 0.223 e. The molecule has 0 atom stereocenters. The Labute approximate surface area is 62.0 Å². The molecule has 0 unspecified atom stereocenters. The summed E-state index contributed by atoms with van der Waals surface area (Å²) in [5, 5.41) is 9.91. The molecule has 10 heavy (non-hydrogen) atoms. The number of halogens is 1. The van der Waals surface area contributed by atoms with Crippen LogP contribution in [0.2, 0.25) is 0 Å². The minimum Gasteiger partial charge on any atom is -0.281 e. The minimum absolute atomic E-state index is 0.257. The zero-order valence-electron chi connectivity index (χ0n) is 5.07. The second kappa shape index (κ2) is 3.26. The summed E-state index contributed by atoms with van der Waals surface area (Å²) in [5.74, 6) is 0. The highest BCUT2D eigenvalue weighted by Crippen LogP contribution is 1.90. The highest BCUT2D eigenvalue weighted by Gasteiger charge is 1.96. The fourth-order valence-corrected chi connectivity index (χ4v) is 0.570. The fourth-order valence-electron chi connectivity index (χ4n) is 0.485. The SMILES string of the molecule is O=C(Cl)CCn1cnnn1. The molecule has 1 rings (SSSR count). The Morgan fingerprint density at radius 1 is 1.70 bits per heavy atom. The zero-order valence-corrected chi connectivity index (χ0v) is 5.82. The van der Waals surface area contributed by atoms with E-state index in [1.165, 1.54) is 11.0 Å². The van der Waals surface area contributed by atoms with Gasteiger partial charge in [-0.1, -0.05) is 0 Å². The van der Waals surface area contributed by atoms with Gasteiger partial charge in [-0.3, -0.25) is 4.79 Å². The van der Waals surface area contributed by atoms with E-state index in [0.29, 0.717) is 6.54 Å². The second-order valence-electron chi connectivity index (χ2n) is 1.68. The van der Waals surface area contributed by atoms with Gasteiger partial charge in [0.15, 0.2) is 0 Å². The Kier molecular flexibility index (Phi) is 2.33. The first kappa shape index (κ1) is 7.14. The molecule has 0 bridgehead atoms. The van der Waals surface area contributed by atoms with E-state index in [-0.39, 0.29) is 11.7 Å². The maximum absolute atomic E-state index is 10.2. The van der Waals surface area contributed by atoms with E-state index < -0.39 is 0 Å². The Morgan fingerprint density at radius 2 is 2.50 bits per heavy atom. The number of nitrogens with zero attached hydrogens (tertiary/aromatic N) is 4. The molecule has 6 heteroatoms. The van der Waals surface area contributed by atoms with Crippen LogP contribution in [0, 0.1) is 0 Å². The average Bonchev–Trinajstić information content (AvgIpc) is 2.34. The first-order chi connectivity index (χ1) is 4.79. The van der Waals surface area contributed by atoms with E-state index in [1.807, 2.05) is 0 Å². The Morgan fingerprint density at radius 3 is 3.00 bits per heavy atom. The van der Waals surface area contributed by atoms with Crippen LogP contribution in [0.25, 0.3) is 0 Å². The van der Waals surface area contributed by atoms with Crippen molar-refractivity contribution in [2.75, 3.05) is 0 Å². The minimum atomic E-state index is -0.379. The fraction of sp³-hybridized carbons (Fsp3) is 0.500. The van der Waals surface area contributed by atoms with Crippen molar-refractivity contribution >= 4 is 16.8 Å². The average molecular weight is 161 g/mol. The number of aryl methyl sites for hydroxylation is 1. The quantitative estimate of drug-likeness (QED) is 0.576. The number of carbonyl (C=O) groups excluding carboxylic acids is 1. The predicted molar refractivity (Wildman–Crippen MR) is 33.3 cm³/mol. The van der Waals surface area contributed by atoms with E-state index in [9.17, 15) is 4.79 Å². The standard InChI is InChI=1S/C4H5ClN4O/c5-4(10)1-2-9-3-6-7-8-9/h3H,1-2H2. The molecule has 0 saturated heterocycles. The predicted octanol–water partition coefficient (Wildman–Crippen LogP) is -0.171. The van der Waals surface area contributed by atoms with Gasteiger partial charge in [0, 0.05) is 6.42 Å². The molecule has 1 heterocycles. The van der Waals surface area contributed by atoms with E-state index >= 15 is 0 Å². The van der Waals surface area contributed by atoms with Crippen molar-refractivity contribution in [1.82, 2.24) is 20.2 Å². The van der Waals surface area contributed by atoms with Crippen molar-refractivity contribution in [3.8, 4) is 0 Å². The van der Waals surface area contributed by atoms with Gasteiger partial charge in [0.2, 0.25) is 5.24 Å². The Hall–Kier alpha value is -0.970. The second-order valence-corrected chi connectivity index (χ2v) is 2.10. The lowest BCUT2D eigenvalue weighted by Gasteiger charge is -1.91. The summed E-state index contributed by atoms with van der Waals surface area (Å²) in [6.45, 7) is 0.440. The normalized spacial score (nSPS) is 9.70. The van der Waals surface area contributed by atoms with Crippen LogP contribution in [-0.2, 0) is 11.3 Å². The third-order valence-corrected chi connectivity index (χ3v) is 1.12. The molecule has 1 aromatic rings. The molecule has 54 valence electrons. The van der Waals surface area contributed by atoms with Crippen LogP contribution in [-0.4, -0.2) is 25.4 Å². The summed E-state index contributed by atoms with van der Waals surface area (Å²) in [6.07, 6.45) is 1.69. The molecule has 0 amide bonds. The summed E-state index contributed by atoms with van der Waals surface area (Å²) >= 11 is 5.07. The van der Waals surface area contributed by atoms with Gasteiger partial charge >= 0.3 is 0 Å². The van der Waals surface area contributed by atoms with E-state index in [1.54, 1.807) is 0 Å². The molecule has 1 aromatic heterocycles. The number of tetrazole rings is 1. The molecule has 0 aliphatic carbocycles. The number of hydrogen-bond donors (Lipinski definition) is 0. The molecule has 0 aromatic carbocycles. The Bertz CT molecular complexity index is 209. The van der Waals surface area contributed by atoms with E-state index in [2.05, 4.69) is 15.5 Å². The van der Waals surface area contributed by atoms with Crippen LogP contribution in [0.5, 0.6) is 0 Å². The monoisotopic (exact) mass is 160 g/mol. The van der Waals surface area contributed by atoms with Crippen molar-refractivity contribution in [3.05, 3.63) is 6.33 Å². The smallest absolute Gasteiger partial charge is 0.223 e. The third-order valence-electron chi connectivity index (χ3n) is 0.929. The van der Waals surface area contributed by atoms with Crippen molar-refractivity contribution in [1.29, 1.82) is 0 Å². The van der Waals surface area contributed by atoms with E-state index in [0.717, 1.165) is 0 Å². The number of hydrogen-bond acceptors (Lipinski definition) is 4. The van der Waals surface area contributed by atoms with Crippen LogP contribution < -0.4 is 0 Å². The van der Waals surface area contributed by atoms with Crippen LogP contribution in [0.1, 0.15) is 6.42 Å². The van der Waals surface area contributed by atoms with Gasteiger partial charge in [-0.2, -0.15) is 0 Å². The topological polar surface area (TPSA) is 60.7 Å². The molecule has 5 nitrogen and oxygen atoms in total. The highest BCUT2D eigenvalue weighted by molar-refractivity contribution is 6.63. The maximum atomic E-state index is 10.2. The van der Waals surface area contributed by atoms with Gasteiger partial charge < -0.3 is 0 Å². The largest absolute Gasteiger partial charge is 0.281 e. The van der Waals surface area contributed by atoms with Crippen LogP contribution in [0.15, 0.2) is 6.33 Å². The molecule has 0 fully saturated rings. The summed E-state index contributed by atoms with van der Waals surface area (Å²) in [7, 11) is 0. The third kappa shape index (κ3) is 2.10. The molecule has 0 aliphatic rings. The summed E-state index contributed by atoms with van der Waals surface area (Å²) in [4.78, 5) is 10.2. The van der Waals surface area contributed by atoms with Gasteiger partial charge in [-0.25, -0.2) is 4.68 Å². The van der Waals surface area contributed by atoms with Crippen LogP contribution in [0.3, 0.4) is 0 Å². The lowest BCUT2D eigenvalue weighted by atomic mass is 10.5. The van der Waals surface area contributed by atoms with Gasteiger partial charge in [-0.05, 0) is 22.0 Å². The molecular formula is C4H5ClN4O. The summed E-state index contributed by atoms with van der Waals surface area (Å²) < 4.78 is 1.44. The van der Waals surface area contributed by atoms with Crippen molar-refractivity contribution in [3.63, 3.8) is 0 Å². The zero-order chi connectivity index (χ0) is 7.40. The van der Waals surface area contributed by atoms with Gasteiger partial charge in [0.1, 0.15) is 6.33 Å². The highest BCUT2D eigenvalue weighted by atomic mass is 35.5. The lowest BCUT2D eigenvalue weighted by Crippen LogP contribution is -2.01. The van der Waals surface area contributed by atoms with Crippen molar-refractivity contribution in [2.45, 2.75) is 13.0 Å². The Balaban J connectivity index is 2.35. The van der Waals surface area contributed by atoms with Gasteiger partial charge in [-0.15, -0.1) is 5.10 Å². The lowest BCUT2D eigenvalue weighted by molar-refractivity contribution is -0.111. The molecular weight excluding hydrogens is 156 g/mol. The number of aromatic nitrogens is 4. The number of rotatable bonds is 3. The first-order valence-corrected chi connectivity index (χ1v) is 3.06.